The zero-order valence-electron chi connectivity index (χ0n) is 25.6. The number of fused-ring (bicyclic) bond motifs is 7. The van der Waals surface area contributed by atoms with E-state index in [0.717, 1.165) is 18.8 Å². The third-order valence-electron chi connectivity index (χ3n) is 14.2. The molecule has 5 aliphatic carbocycles. The summed E-state index contributed by atoms with van der Waals surface area (Å²) in [6, 6.07) is 9.25. The summed E-state index contributed by atoms with van der Waals surface area (Å²) in [5, 5.41) is -0.0918. The van der Waals surface area contributed by atoms with Crippen molar-refractivity contribution in [3.8, 4) is 0 Å². The van der Waals surface area contributed by atoms with Gasteiger partial charge in [-0.25, -0.2) is 0 Å². The van der Waals surface area contributed by atoms with Gasteiger partial charge >= 0.3 is 0 Å². The SMILES string of the molecule is C=C(C)[C@@H]1C[C@@H](C(=O)Cl)C2CC[C@]3(C)[C@H](CC[C@@H]4[C@@]5(C)CC=C(c6ccc(C)cc6)C(C)(C)[C@@H]5CC[C@]43C)[C@H]21. The lowest BCUT2D eigenvalue weighted by molar-refractivity contribution is -0.216. The van der Waals surface area contributed by atoms with Crippen molar-refractivity contribution in [1.29, 1.82) is 0 Å². The highest BCUT2D eigenvalue weighted by Gasteiger charge is 2.69. The zero-order chi connectivity index (χ0) is 28.1. The van der Waals surface area contributed by atoms with Gasteiger partial charge in [-0.1, -0.05) is 82.7 Å². The summed E-state index contributed by atoms with van der Waals surface area (Å²) >= 11 is 6.23. The van der Waals surface area contributed by atoms with Crippen LogP contribution < -0.4 is 0 Å². The largest absolute Gasteiger partial charge is 0.281 e. The van der Waals surface area contributed by atoms with E-state index in [-0.39, 0.29) is 16.6 Å². The number of carbonyl (C=O) groups is 1. The summed E-state index contributed by atoms with van der Waals surface area (Å²) in [7, 11) is 0. The van der Waals surface area contributed by atoms with Crippen LogP contribution in [0.2, 0.25) is 0 Å². The van der Waals surface area contributed by atoms with Crippen LogP contribution in [0.1, 0.15) is 104 Å². The van der Waals surface area contributed by atoms with Crippen molar-refractivity contribution in [3.05, 3.63) is 53.6 Å². The van der Waals surface area contributed by atoms with Gasteiger partial charge in [0.2, 0.25) is 5.24 Å². The zero-order valence-corrected chi connectivity index (χ0v) is 26.3. The quantitative estimate of drug-likeness (QED) is 0.272. The Morgan fingerprint density at radius 3 is 2.21 bits per heavy atom. The highest BCUT2D eigenvalue weighted by atomic mass is 35.5. The van der Waals surface area contributed by atoms with Gasteiger partial charge in [0.05, 0.1) is 0 Å². The molecule has 1 unspecified atom stereocenters. The molecule has 4 fully saturated rings. The Bertz CT molecular complexity index is 1210. The molecule has 10 atom stereocenters. The fraction of sp³-hybridized carbons (Fsp3) is 0.703. The maximum atomic E-state index is 12.5. The molecule has 1 aromatic rings. The van der Waals surface area contributed by atoms with E-state index in [1.165, 1.54) is 55.2 Å². The summed E-state index contributed by atoms with van der Waals surface area (Å²) in [5.41, 5.74) is 6.75. The minimum atomic E-state index is -0.0918. The van der Waals surface area contributed by atoms with Crippen LogP contribution in [0.15, 0.2) is 42.5 Å². The number of hydrogen-bond acceptors (Lipinski definition) is 1. The van der Waals surface area contributed by atoms with Crippen LogP contribution in [0.25, 0.3) is 5.57 Å². The predicted molar refractivity (Wildman–Crippen MR) is 164 cm³/mol. The van der Waals surface area contributed by atoms with E-state index < -0.39 is 0 Å². The van der Waals surface area contributed by atoms with Gasteiger partial charge in [-0.15, -0.1) is 0 Å². The predicted octanol–water partition coefficient (Wildman–Crippen LogP) is 10.3. The van der Waals surface area contributed by atoms with E-state index in [2.05, 4.69) is 85.4 Å². The molecule has 1 aromatic carbocycles. The number of hydrogen-bond donors (Lipinski definition) is 0. The van der Waals surface area contributed by atoms with Gasteiger partial charge in [-0.3, -0.25) is 4.79 Å². The molecule has 39 heavy (non-hydrogen) atoms. The van der Waals surface area contributed by atoms with Gasteiger partial charge < -0.3 is 0 Å². The van der Waals surface area contributed by atoms with Crippen molar-refractivity contribution in [2.24, 2.45) is 63.1 Å². The molecule has 0 amide bonds. The van der Waals surface area contributed by atoms with Crippen molar-refractivity contribution in [3.63, 3.8) is 0 Å². The fourth-order valence-electron chi connectivity index (χ4n) is 12.3. The van der Waals surface area contributed by atoms with Crippen molar-refractivity contribution in [2.75, 3.05) is 0 Å². The van der Waals surface area contributed by atoms with E-state index in [1.54, 1.807) is 5.57 Å². The number of rotatable bonds is 3. The molecular formula is C37H51ClO. The van der Waals surface area contributed by atoms with Crippen LogP contribution in [-0.2, 0) is 4.79 Å². The number of carbonyl (C=O) groups excluding carboxylic acids is 1. The van der Waals surface area contributed by atoms with Gasteiger partial charge in [0, 0.05) is 5.92 Å². The molecule has 2 heteroatoms. The van der Waals surface area contributed by atoms with Gasteiger partial charge in [-0.2, -0.15) is 0 Å². The molecule has 1 nitrogen and oxygen atoms in total. The molecule has 6 rings (SSSR count). The molecule has 0 saturated heterocycles. The first-order valence-corrected chi connectivity index (χ1v) is 16.3. The van der Waals surface area contributed by atoms with E-state index in [1.807, 2.05) is 0 Å². The Kier molecular flexibility index (Phi) is 6.47. The number of allylic oxidation sites excluding steroid dienone is 3. The lowest BCUT2D eigenvalue weighted by atomic mass is 9.33. The fourth-order valence-corrected chi connectivity index (χ4v) is 12.5. The number of benzene rings is 1. The first-order valence-electron chi connectivity index (χ1n) is 15.9. The summed E-state index contributed by atoms with van der Waals surface area (Å²) in [4.78, 5) is 12.5. The van der Waals surface area contributed by atoms with Gasteiger partial charge in [-0.05, 0) is 145 Å². The van der Waals surface area contributed by atoms with Crippen LogP contribution in [0.3, 0.4) is 0 Å². The van der Waals surface area contributed by atoms with E-state index in [4.69, 9.17) is 11.6 Å². The molecular weight excluding hydrogens is 496 g/mol. The summed E-state index contributed by atoms with van der Waals surface area (Å²) in [5.74, 6) is 3.64. The third-order valence-corrected chi connectivity index (χ3v) is 14.5. The minimum Gasteiger partial charge on any atom is -0.281 e. The van der Waals surface area contributed by atoms with Crippen molar-refractivity contribution < 1.29 is 4.79 Å². The molecule has 0 heterocycles. The van der Waals surface area contributed by atoms with Gasteiger partial charge in [0.15, 0.2) is 0 Å². The van der Waals surface area contributed by atoms with E-state index >= 15 is 0 Å². The Morgan fingerprint density at radius 1 is 0.897 bits per heavy atom. The Labute approximate surface area is 243 Å². The van der Waals surface area contributed by atoms with Crippen LogP contribution in [-0.4, -0.2) is 5.24 Å². The van der Waals surface area contributed by atoms with Crippen molar-refractivity contribution >= 4 is 22.4 Å². The lowest BCUT2D eigenvalue weighted by Crippen LogP contribution is -2.64. The number of aryl methyl sites for hydroxylation is 1. The molecule has 5 aliphatic rings. The topological polar surface area (TPSA) is 17.1 Å². The summed E-state index contributed by atoms with van der Waals surface area (Å²) in [6.07, 6.45) is 12.5. The van der Waals surface area contributed by atoms with Gasteiger partial charge in [0.1, 0.15) is 0 Å². The van der Waals surface area contributed by atoms with Crippen LogP contribution in [0.5, 0.6) is 0 Å². The summed E-state index contributed by atoms with van der Waals surface area (Å²) in [6.45, 7) is 22.0. The molecule has 212 valence electrons. The average molecular weight is 547 g/mol. The molecule has 0 spiro atoms. The Hall–Kier alpha value is -1.34. The second-order valence-corrected chi connectivity index (χ2v) is 16.3. The standard InChI is InChI=1S/C37H51ClO/c1-22(2)26-21-27(33(38)39)25-15-19-36(7)29(32(25)26)13-14-31-35(6)18-16-28(24-11-9-23(3)10-12-24)34(4,5)30(35)17-20-37(31,36)8/h9-12,16,25-27,29-32H,1,13-15,17-21H2,2-8H3/t25?,26-,27+,29+,30-,31+,32+,35-,36+,37+/m0/s1. The van der Waals surface area contributed by atoms with Gasteiger partial charge in [0.25, 0.3) is 0 Å². The molecule has 0 bridgehead atoms. The van der Waals surface area contributed by atoms with Crippen molar-refractivity contribution in [1.82, 2.24) is 0 Å². The highest BCUT2D eigenvalue weighted by Crippen LogP contribution is 2.76. The molecule has 0 N–H and O–H groups in total. The maximum Gasteiger partial charge on any atom is 0.225 e. The van der Waals surface area contributed by atoms with E-state index in [0.29, 0.717) is 45.8 Å². The average Bonchev–Trinajstić information content (AvgIpc) is 3.25. The maximum absolute atomic E-state index is 12.5. The number of halogens is 1. The third kappa shape index (κ3) is 3.73. The normalized spacial score (nSPS) is 46.3. The minimum absolute atomic E-state index is 0.0335. The highest BCUT2D eigenvalue weighted by molar-refractivity contribution is 6.64. The lowest BCUT2D eigenvalue weighted by Gasteiger charge is -2.71. The van der Waals surface area contributed by atoms with Crippen molar-refractivity contribution in [2.45, 2.75) is 99.8 Å². The second kappa shape index (κ2) is 9.08. The first-order chi connectivity index (χ1) is 18.3. The Morgan fingerprint density at radius 2 is 1.56 bits per heavy atom. The van der Waals surface area contributed by atoms with Crippen LogP contribution in [0.4, 0.5) is 0 Å². The monoisotopic (exact) mass is 546 g/mol. The van der Waals surface area contributed by atoms with Crippen LogP contribution in [0, 0.1) is 70.0 Å². The van der Waals surface area contributed by atoms with E-state index in [9.17, 15) is 4.79 Å². The Balaban J connectivity index is 1.36. The summed E-state index contributed by atoms with van der Waals surface area (Å²) < 4.78 is 0. The molecule has 0 aromatic heterocycles. The second-order valence-electron chi connectivity index (χ2n) is 16.0. The van der Waals surface area contributed by atoms with Crippen LogP contribution >= 0.6 is 11.6 Å². The smallest absolute Gasteiger partial charge is 0.225 e. The first kappa shape index (κ1) is 27.8. The molecule has 0 aliphatic heterocycles. The molecule has 0 radical (unpaired) electrons. The molecule has 4 saturated carbocycles.